The van der Waals surface area contributed by atoms with Crippen LogP contribution in [0.3, 0.4) is 0 Å². The van der Waals surface area contributed by atoms with Crippen molar-refractivity contribution in [2.45, 2.75) is 38.9 Å². The Morgan fingerprint density at radius 1 is 1.33 bits per heavy atom. The molecule has 1 amide bonds. The number of carbonyl (C=O) groups excluding carboxylic acids is 1. The van der Waals surface area contributed by atoms with Crippen LogP contribution in [0, 0.1) is 13.8 Å². The highest BCUT2D eigenvalue weighted by Gasteiger charge is 2.13. The zero-order valence-corrected chi connectivity index (χ0v) is 13.6. The second-order valence-corrected chi connectivity index (χ2v) is 6.16. The summed E-state index contributed by atoms with van der Waals surface area (Å²) in [5.41, 5.74) is 2.19. The molecule has 1 aromatic heterocycles. The van der Waals surface area contributed by atoms with Crippen LogP contribution in [0.2, 0.25) is 0 Å². The van der Waals surface area contributed by atoms with E-state index in [1.54, 1.807) is 0 Å². The number of hydrogen-bond acceptors (Lipinski definition) is 4. The SMILES string of the molecule is Cc1cccc(-n2c(C)nnc2SCC(=O)NC(C)C)c1. The average Bonchev–Trinajstić information content (AvgIpc) is 2.77. The normalized spacial score (nSPS) is 10.9. The molecule has 2 rings (SSSR count). The summed E-state index contributed by atoms with van der Waals surface area (Å²) in [5.74, 6) is 1.15. The summed E-state index contributed by atoms with van der Waals surface area (Å²) in [7, 11) is 0. The number of nitrogens with one attached hydrogen (secondary N) is 1. The molecule has 0 spiro atoms. The second kappa shape index (κ2) is 6.76. The van der Waals surface area contributed by atoms with E-state index in [0.717, 1.165) is 16.7 Å². The van der Waals surface area contributed by atoms with Crippen LogP contribution in [0.25, 0.3) is 5.69 Å². The summed E-state index contributed by atoms with van der Waals surface area (Å²) in [6.07, 6.45) is 0. The van der Waals surface area contributed by atoms with Gasteiger partial charge < -0.3 is 5.32 Å². The van der Waals surface area contributed by atoms with Gasteiger partial charge in [-0.25, -0.2) is 0 Å². The average molecular weight is 304 g/mol. The molecule has 0 fully saturated rings. The highest BCUT2D eigenvalue weighted by Crippen LogP contribution is 2.22. The van der Waals surface area contributed by atoms with E-state index in [2.05, 4.69) is 21.6 Å². The number of hydrogen-bond donors (Lipinski definition) is 1. The van der Waals surface area contributed by atoms with Gasteiger partial charge >= 0.3 is 0 Å². The van der Waals surface area contributed by atoms with Gasteiger partial charge in [0.2, 0.25) is 5.91 Å². The van der Waals surface area contributed by atoms with E-state index in [1.165, 1.54) is 17.3 Å². The van der Waals surface area contributed by atoms with Gasteiger partial charge in [-0.2, -0.15) is 0 Å². The minimum Gasteiger partial charge on any atom is -0.353 e. The highest BCUT2D eigenvalue weighted by atomic mass is 32.2. The Kier molecular flexibility index (Phi) is 5.01. The molecular formula is C15H20N4OS. The third-order valence-corrected chi connectivity index (χ3v) is 3.77. The first-order valence-electron chi connectivity index (χ1n) is 6.88. The maximum absolute atomic E-state index is 11.7. The summed E-state index contributed by atoms with van der Waals surface area (Å²) in [6, 6.07) is 8.29. The van der Waals surface area contributed by atoms with Crippen LogP contribution < -0.4 is 5.32 Å². The van der Waals surface area contributed by atoms with E-state index >= 15 is 0 Å². The summed E-state index contributed by atoms with van der Waals surface area (Å²) in [4.78, 5) is 11.7. The fourth-order valence-corrected chi connectivity index (χ4v) is 2.80. The van der Waals surface area contributed by atoms with E-state index in [9.17, 15) is 4.79 Å². The molecule has 0 atom stereocenters. The van der Waals surface area contributed by atoms with Gasteiger partial charge in [0.15, 0.2) is 5.16 Å². The molecule has 0 saturated carbocycles. The standard InChI is InChI=1S/C15H20N4OS/c1-10(2)16-14(20)9-21-15-18-17-12(4)19(15)13-7-5-6-11(3)8-13/h5-8,10H,9H2,1-4H3,(H,16,20). The summed E-state index contributed by atoms with van der Waals surface area (Å²) in [5, 5.41) is 11.9. The molecule has 0 bridgehead atoms. The maximum Gasteiger partial charge on any atom is 0.230 e. The van der Waals surface area contributed by atoms with Crippen LogP contribution in [0.5, 0.6) is 0 Å². The van der Waals surface area contributed by atoms with Crippen LogP contribution in [0.4, 0.5) is 0 Å². The fourth-order valence-electron chi connectivity index (χ4n) is 1.99. The van der Waals surface area contributed by atoms with Crippen molar-refractivity contribution in [3.8, 4) is 5.69 Å². The Morgan fingerprint density at radius 2 is 2.10 bits per heavy atom. The van der Waals surface area contributed by atoms with Gasteiger partial charge in [-0.15, -0.1) is 10.2 Å². The van der Waals surface area contributed by atoms with Crippen molar-refractivity contribution in [2.75, 3.05) is 5.75 Å². The molecule has 112 valence electrons. The van der Waals surface area contributed by atoms with Gasteiger partial charge in [0.1, 0.15) is 5.82 Å². The molecule has 21 heavy (non-hydrogen) atoms. The Balaban J connectivity index is 2.17. The van der Waals surface area contributed by atoms with Gasteiger partial charge in [-0.05, 0) is 45.4 Å². The molecule has 0 saturated heterocycles. The monoisotopic (exact) mass is 304 g/mol. The van der Waals surface area contributed by atoms with Crippen molar-refractivity contribution < 1.29 is 4.79 Å². The van der Waals surface area contributed by atoms with Crippen molar-refractivity contribution in [3.63, 3.8) is 0 Å². The number of rotatable bonds is 5. The lowest BCUT2D eigenvalue weighted by Crippen LogP contribution is -2.31. The molecule has 0 unspecified atom stereocenters. The third kappa shape index (κ3) is 4.07. The molecule has 0 aliphatic heterocycles. The number of carbonyl (C=O) groups is 1. The summed E-state index contributed by atoms with van der Waals surface area (Å²) in [6.45, 7) is 7.85. The summed E-state index contributed by atoms with van der Waals surface area (Å²) < 4.78 is 1.97. The highest BCUT2D eigenvalue weighted by molar-refractivity contribution is 7.99. The molecule has 5 nitrogen and oxygen atoms in total. The maximum atomic E-state index is 11.7. The third-order valence-electron chi connectivity index (χ3n) is 2.84. The van der Waals surface area contributed by atoms with Crippen LogP contribution in [0.1, 0.15) is 25.2 Å². The molecule has 1 aromatic carbocycles. The van der Waals surface area contributed by atoms with Gasteiger partial charge in [0.05, 0.1) is 5.75 Å². The minimum atomic E-state index is 0.00597. The molecule has 2 aromatic rings. The minimum absolute atomic E-state index is 0.00597. The molecule has 0 aliphatic rings. The van der Waals surface area contributed by atoms with E-state index < -0.39 is 0 Å². The molecule has 0 aliphatic carbocycles. The smallest absolute Gasteiger partial charge is 0.230 e. The Hall–Kier alpha value is -1.82. The van der Waals surface area contributed by atoms with Crippen molar-refractivity contribution in [3.05, 3.63) is 35.7 Å². The Labute approximate surface area is 129 Å². The van der Waals surface area contributed by atoms with Crippen LogP contribution >= 0.6 is 11.8 Å². The van der Waals surface area contributed by atoms with Gasteiger partial charge in [-0.3, -0.25) is 9.36 Å². The number of nitrogens with zero attached hydrogens (tertiary/aromatic N) is 3. The Morgan fingerprint density at radius 3 is 2.76 bits per heavy atom. The lowest BCUT2D eigenvalue weighted by molar-refractivity contribution is -0.119. The largest absolute Gasteiger partial charge is 0.353 e. The predicted octanol–water partition coefficient (Wildman–Crippen LogP) is 2.50. The molecule has 0 radical (unpaired) electrons. The van der Waals surface area contributed by atoms with Crippen molar-refractivity contribution in [2.24, 2.45) is 0 Å². The van der Waals surface area contributed by atoms with E-state index in [-0.39, 0.29) is 11.9 Å². The molecule has 1 N–H and O–H groups in total. The van der Waals surface area contributed by atoms with E-state index in [1.807, 2.05) is 50.5 Å². The van der Waals surface area contributed by atoms with E-state index in [0.29, 0.717) is 5.75 Å². The van der Waals surface area contributed by atoms with Crippen LogP contribution in [0.15, 0.2) is 29.4 Å². The first-order valence-corrected chi connectivity index (χ1v) is 7.87. The lowest BCUT2D eigenvalue weighted by atomic mass is 10.2. The van der Waals surface area contributed by atoms with Gasteiger partial charge in [0.25, 0.3) is 0 Å². The molecule has 1 heterocycles. The molecular weight excluding hydrogens is 284 g/mol. The predicted molar refractivity (Wildman–Crippen MR) is 84.8 cm³/mol. The number of aromatic nitrogens is 3. The number of benzene rings is 1. The first-order chi connectivity index (χ1) is 9.97. The zero-order chi connectivity index (χ0) is 15.4. The van der Waals surface area contributed by atoms with Crippen molar-refractivity contribution in [1.82, 2.24) is 20.1 Å². The van der Waals surface area contributed by atoms with Crippen molar-refractivity contribution >= 4 is 17.7 Å². The molecule has 6 heteroatoms. The first kappa shape index (κ1) is 15.6. The quantitative estimate of drug-likeness (QED) is 0.862. The summed E-state index contributed by atoms with van der Waals surface area (Å²) >= 11 is 1.40. The Bertz CT molecular complexity index is 636. The van der Waals surface area contributed by atoms with Crippen LogP contribution in [-0.2, 0) is 4.79 Å². The van der Waals surface area contributed by atoms with Gasteiger partial charge in [-0.1, -0.05) is 23.9 Å². The van der Waals surface area contributed by atoms with Gasteiger partial charge in [0, 0.05) is 11.7 Å². The van der Waals surface area contributed by atoms with Crippen molar-refractivity contribution in [1.29, 1.82) is 0 Å². The topological polar surface area (TPSA) is 59.8 Å². The number of amides is 1. The van der Waals surface area contributed by atoms with Crippen LogP contribution in [-0.4, -0.2) is 32.5 Å². The number of aryl methyl sites for hydroxylation is 2. The fraction of sp³-hybridized carbons (Fsp3) is 0.400. The second-order valence-electron chi connectivity index (χ2n) is 5.22. The number of thioether (sulfide) groups is 1. The lowest BCUT2D eigenvalue weighted by Gasteiger charge is -2.10. The zero-order valence-electron chi connectivity index (χ0n) is 12.8. The van der Waals surface area contributed by atoms with E-state index in [4.69, 9.17) is 0 Å².